The SMILES string of the molecule is CN1C(=O)CCC(NC(=O)Nc2cccc(CN)c2)C1=O. The molecule has 1 aliphatic rings. The van der Waals surface area contributed by atoms with E-state index in [1.54, 1.807) is 18.2 Å². The molecule has 0 saturated carbocycles. The van der Waals surface area contributed by atoms with Crippen molar-refractivity contribution < 1.29 is 14.4 Å². The van der Waals surface area contributed by atoms with Gasteiger partial charge >= 0.3 is 6.03 Å². The molecule has 7 nitrogen and oxygen atoms in total. The third-order valence-corrected chi connectivity index (χ3v) is 3.38. The molecular weight excluding hydrogens is 272 g/mol. The fourth-order valence-electron chi connectivity index (χ4n) is 2.15. The molecule has 4 amide bonds. The van der Waals surface area contributed by atoms with Gasteiger partial charge in [0.1, 0.15) is 6.04 Å². The number of rotatable bonds is 3. The molecule has 1 saturated heterocycles. The summed E-state index contributed by atoms with van der Waals surface area (Å²) < 4.78 is 0. The summed E-state index contributed by atoms with van der Waals surface area (Å²) in [4.78, 5) is 36.2. The molecule has 0 bridgehead atoms. The fourth-order valence-corrected chi connectivity index (χ4v) is 2.15. The lowest BCUT2D eigenvalue weighted by Crippen LogP contribution is -2.53. The minimum Gasteiger partial charge on any atom is -0.326 e. The number of likely N-dealkylation sites (N-methyl/N-ethyl adjacent to an activating group) is 1. The van der Waals surface area contributed by atoms with E-state index in [0.717, 1.165) is 10.5 Å². The zero-order valence-corrected chi connectivity index (χ0v) is 11.8. The number of nitrogens with zero attached hydrogens (tertiary/aromatic N) is 1. The number of carbonyl (C=O) groups excluding carboxylic acids is 3. The Kier molecular flexibility index (Phi) is 4.54. The molecule has 1 aromatic carbocycles. The van der Waals surface area contributed by atoms with Crippen LogP contribution in [0.15, 0.2) is 24.3 Å². The molecule has 1 unspecified atom stereocenters. The number of likely N-dealkylation sites (tertiary alicyclic amines) is 1. The van der Waals surface area contributed by atoms with Crippen molar-refractivity contribution in [2.75, 3.05) is 12.4 Å². The Morgan fingerprint density at radius 2 is 2.19 bits per heavy atom. The van der Waals surface area contributed by atoms with Crippen LogP contribution in [0.4, 0.5) is 10.5 Å². The summed E-state index contributed by atoms with van der Waals surface area (Å²) in [5, 5.41) is 5.23. The number of nitrogens with one attached hydrogen (secondary N) is 2. The summed E-state index contributed by atoms with van der Waals surface area (Å²) >= 11 is 0. The predicted octanol–water partition coefficient (Wildman–Crippen LogP) is 0.414. The summed E-state index contributed by atoms with van der Waals surface area (Å²) in [6, 6.07) is 5.98. The van der Waals surface area contributed by atoms with Crippen LogP contribution < -0.4 is 16.4 Å². The minimum atomic E-state index is -0.676. The second kappa shape index (κ2) is 6.36. The number of anilines is 1. The number of hydrogen-bond acceptors (Lipinski definition) is 4. The van der Waals surface area contributed by atoms with Crippen LogP contribution in [0.3, 0.4) is 0 Å². The topological polar surface area (TPSA) is 105 Å². The van der Waals surface area contributed by atoms with Gasteiger partial charge in [0, 0.05) is 25.7 Å². The quantitative estimate of drug-likeness (QED) is 0.701. The zero-order chi connectivity index (χ0) is 15.4. The Labute approximate surface area is 122 Å². The molecule has 1 fully saturated rings. The third kappa shape index (κ3) is 3.57. The van der Waals surface area contributed by atoms with E-state index in [2.05, 4.69) is 10.6 Å². The highest BCUT2D eigenvalue weighted by Crippen LogP contribution is 2.13. The first kappa shape index (κ1) is 15.0. The van der Waals surface area contributed by atoms with Gasteiger partial charge in [-0.15, -0.1) is 0 Å². The van der Waals surface area contributed by atoms with Crippen LogP contribution in [0, 0.1) is 0 Å². The van der Waals surface area contributed by atoms with E-state index in [9.17, 15) is 14.4 Å². The van der Waals surface area contributed by atoms with Crippen molar-refractivity contribution in [2.24, 2.45) is 5.73 Å². The summed E-state index contributed by atoms with van der Waals surface area (Å²) in [6.07, 6.45) is 0.564. The summed E-state index contributed by atoms with van der Waals surface area (Å²) in [5.74, 6) is -0.619. The summed E-state index contributed by atoms with van der Waals surface area (Å²) in [6.45, 7) is 0.380. The third-order valence-electron chi connectivity index (χ3n) is 3.38. The van der Waals surface area contributed by atoms with Crippen molar-refractivity contribution in [1.82, 2.24) is 10.2 Å². The Hall–Kier alpha value is -2.41. The predicted molar refractivity (Wildman–Crippen MR) is 77.3 cm³/mol. The van der Waals surface area contributed by atoms with Crippen LogP contribution in [-0.4, -0.2) is 35.8 Å². The number of urea groups is 1. The number of piperidine rings is 1. The first-order chi connectivity index (χ1) is 10.0. The average molecular weight is 290 g/mol. The van der Waals surface area contributed by atoms with E-state index in [-0.39, 0.29) is 12.3 Å². The molecular formula is C14H18N4O3. The fraction of sp³-hybridized carbons (Fsp3) is 0.357. The van der Waals surface area contributed by atoms with Crippen molar-refractivity contribution in [2.45, 2.75) is 25.4 Å². The van der Waals surface area contributed by atoms with Crippen LogP contribution >= 0.6 is 0 Å². The van der Waals surface area contributed by atoms with Crippen molar-refractivity contribution in [3.05, 3.63) is 29.8 Å². The molecule has 2 rings (SSSR count). The molecule has 1 aliphatic heterocycles. The molecule has 1 aromatic rings. The monoisotopic (exact) mass is 290 g/mol. The molecule has 0 spiro atoms. The largest absolute Gasteiger partial charge is 0.326 e. The zero-order valence-electron chi connectivity index (χ0n) is 11.8. The normalized spacial score (nSPS) is 18.6. The number of amides is 4. The lowest BCUT2D eigenvalue weighted by molar-refractivity contribution is -0.147. The van der Waals surface area contributed by atoms with E-state index in [0.29, 0.717) is 18.7 Å². The van der Waals surface area contributed by atoms with Gasteiger partial charge in [0.25, 0.3) is 5.91 Å². The molecule has 112 valence electrons. The van der Waals surface area contributed by atoms with Gasteiger partial charge in [-0.1, -0.05) is 12.1 Å². The van der Waals surface area contributed by atoms with E-state index in [1.165, 1.54) is 7.05 Å². The summed E-state index contributed by atoms with van der Waals surface area (Å²) in [7, 11) is 1.42. The maximum atomic E-state index is 11.9. The van der Waals surface area contributed by atoms with Crippen LogP contribution in [0.5, 0.6) is 0 Å². The smallest absolute Gasteiger partial charge is 0.319 e. The van der Waals surface area contributed by atoms with Gasteiger partial charge in [0.2, 0.25) is 5.91 Å². The van der Waals surface area contributed by atoms with Gasteiger partial charge in [-0.3, -0.25) is 14.5 Å². The molecule has 0 aliphatic carbocycles. The van der Waals surface area contributed by atoms with Gasteiger partial charge in [-0.25, -0.2) is 4.79 Å². The highest BCUT2D eigenvalue weighted by molar-refractivity contribution is 6.02. The van der Waals surface area contributed by atoms with Crippen LogP contribution in [0.1, 0.15) is 18.4 Å². The van der Waals surface area contributed by atoms with Crippen molar-refractivity contribution in [1.29, 1.82) is 0 Å². The molecule has 1 atom stereocenters. The van der Waals surface area contributed by atoms with E-state index in [4.69, 9.17) is 5.73 Å². The van der Waals surface area contributed by atoms with Crippen molar-refractivity contribution >= 4 is 23.5 Å². The Morgan fingerprint density at radius 1 is 1.43 bits per heavy atom. The number of benzene rings is 1. The minimum absolute atomic E-state index is 0.228. The number of imide groups is 1. The van der Waals surface area contributed by atoms with Crippen molar-refractivity contribution in [3.8, 4) is 0 Å². The van der Waals surface area contributed by atoms with Crippen molar-refractivity contribution in [3.63, 3.8) is 0 Å². The van der Waals surface area contributed by atoms with Crippen LogP contribution in [-0.2, 0) is 16.1 Å². The van der Waals surface area contributed by atoms with E-state index < -0.39 is 18.0 Å². The Morgan fingerprint density at radius 3 is 2.90 bits per heavy atom. The average Bonchev–Trinajstić information content (AvgIpc) is 2.48. The van der Waals surface area contributed by atoms with Gasteiger partial charge < -0.3 is 16.4 Å². The summed E-state index contributed by atoms with van der Waals surface area (Å²) in [5.41, 5.74) is 7.03. The lowest BCUT2D eigenvalue weighted by atomic mass is 10.1. The molecule has 0 radical (unpaired) electrons. The van der Waals surface area contributed by atoms with Gasteiger partial charge in [0.15, 0.2) is 0 Å². The van der Waals surface area contributed by atoms with E-state index >= 15 is 0 Å². The Bertz CT molecular complexity index is 573. The molecule has 7 heteroatoms. The van der Waals surface area contributed by atoms with Gasteiger partial charge in [-0.2, -0.15) is 0 Å². The maximum absolute atomic E-state index is 11.9. The van der Waals surface area contributed by atoms with Gasteiger partial charge in [0.05, 0.1) is 0 Å². The van der Waals surface area contributed by atoms with Crippen LogP contribution in [0.25, 0.3) is 0 Å². The number of hydrogen-bond donors (Lipinski definition) is 3. The number of carbonyl (C=O) groups is 3. The molecule has 0 aromatic heterocycles. The molecule has 1 heterocycles. The van der Waals surface area contributed by atoms with Gasteiger partial charge in [-0.05, 0) is 24.1 Å². The number of nitrogens with two attached hydrogens (primary N) is 1. The molecule has 21 heavy (non-hydrogen) atoms. The molecule has 4 N–H and O–H groups in total. The second-order valence-electron chi connectivity index (χ2n) is 4.89. The lowest BCUT2D eigenvalue weighted by Gasteiger charge is -2.28. The Balaban J connectivity index is 1.95. The second-order valence-corrected chi connectivity index (χ2v) is 4.89. The highest BCUT2D eigenvalue weighted by atomic mass is 16.2. The maximum Gasteiger partial charge on any atom is 0.319 e. The highest BCUT2D eigenvalue weighted by Gasteiger charge is 2.32. The first-order valence-electron chi connectivity index (χ1n) is 6.68. The standard InChI is InChI=1S/C14H18N4O3/c1-18-12(19)6-5-11(13(18)20)17-14(21)16-10-4-2-3-9(7-10)8-15/h2-4,7,11H,5-6,8,15H2,1H3,(H2,16,17,21). The first-order valence-corrected chi connectivity index (χ1v) is 6.68. The van der Waals surface area contributed by atoms with Crippen LogP contribution in [0.2, 0.25) is 0 Å². The van der Waals surface area contributed by atoms with E-state index in [1.807, 2.05) is 6.07 Å².